The molecule has 2 rings (SSSR count). The van der Waals surface area contributed by atoms with E-state index in [1.54, 1.807) is 17.4 Å². The summed E-state index contributed by atoms with van der Waals surface area (Å²) in [6, 6.07) is 0. The van der Waals surface area contributed by atoms with Crippen LogP contribution in [-0.4, -0.2) is 17.5 Å². The van der Waals surface area contributed by atoms with Crippen molar-refractivity contribution in [1.29, 1.82) is 0 Å². The van der Waals surface area contributed by atoms with Crippen molar-refractivity contribution in [2.75, 3.05) is 6.54 Å². The van der Waals surface area contributed by atoms with Crippen molar-refractivity contribution in [2.45, 2.75) is 0 Å². The molecule has 0 atom stereocenters. The minimum atomic E-state index is -0.0793. The van der Waals surface area contributed by atoms with Gasteiger partial charge in [-0.1, -0.05) is 15.9 Å². The molecule has 2 aliphatic heterocycles. The Hall–Kier alpha value is -0.810. The summed E-state index contributed by atoms with van der Waals surface area (Å²) in [6.45, 7) is 0.674. The molecule has 0 aromatic rings. The summed E-state index contributed by atoms with van der Waals surface area (Å²) in [6.07, 6.45) is 3.37. The molecular formula is C6H6BrN3O. The van der Waals surface area contributed by atoms with Crippen LogP contribution >= 0.6 is 15.9 Å². The summed E-state index contributed by atoms with van der Waals surface area (Å²) >= 11 is 3.30. The van der Waals surface area contributed by atoms with Crippen LogP contribution in [0.2, 0.25) is 0 Å². The molecular weight excluding hydrogens is 210 g/mol. The first-order valence-electron chi connectivity index (χ1n) is 3.18. The molecule has 2 N–H and O–H groups in total. The quantitative estimate of drug-likeness (QED) is 0.599. The number of rotatable bonds is 0. The second-order valence-corrected chi connectivity index (χ2v) is 3.20. The Morgan fingerprint density at radius 1 is 1.64 bits per heavy atom. The predicted molar refractivity (Wildman–Crippen MR) is 43.1 cm³/mol. The minimum absolute atomic E-state index is 0.0793. The fourth-order valence-electron chi connectivity index (χ4n) is 1.06. The number of hydrogen-bond acceptors (Lipinski definition) is 3. The number of halogens is 1. The van der Waals surface area contributed by atoms with Gasteiger partial charge < -0.3 is 5.32 Å². The second-order valence-electron chi connectivity index (χ2n) is 2.25. The molecule has 0 unspecified atom stereocenters. The third-order valence-corrected chi connectivity index (χ3v) is 2.21. The van der Waals surface area contributed by atoms with E-state index in [-0.39, 0.29) is 5.91 Å². The van der Waals surface area contributed by atoms with Crippen molar-refractivity contribution in [3.8, 4) is 0 Å². The molecule has 4 nitrogen and oxygen atoms in total. The van der Waals surface area contributed by atoms with E-state index in [0.717, 1.165) is 4.48 Å². The lowest BCUT2D eigenvalue weighted by Gasteiger charge is -2.19. The Kier molecular flexibility index (Phi) is 1.47. The largest absolute Gasteiger partial charge is 0.326 e. The van der Waals surface area contributed by atoms with E-state index in [2.05, 4.69) is 26.7 Å². The normalized spacial score (nSPS) is 22.3. The molecule has 0 spiro atoms. The lowest BCUT2D eigenvalue weighted by Crippen LogP contribution is -2.37. The highest BCUT2D eigenvalue weighted by molar-refractivity contribution is 9.11. The van der Waals surface area contributed by atoms with Crippen LogP contribution in [0.15, 0.2) is 22.6 Å². The first-order valence-corrected chi connectivity index (χ1v) is 3.97. The first kappa shape index (κ1) is 6.87. The van der Waals surface area contributed by atoms with E-state index >= 15 is 0 Å². The van der Waals surface area contributed by atoms with Crippen LogP contribution in [-0.2, 0) is 4.79 Å². The summed E-state index contributed by atoms with van der Waals surface area (Å²) in [5, 5.41) is 4.29. The molecule has 0 fully saturated rings. The van der Waals surface area contributed by atoms with Crippen molar-refractivity contribution >= 4 is 21.8 Å². The number of nitrogens with zero attached hydrogens (tertiary/aromatic N) is 1. The maximum Gasteiger partial charge on any atom is 0.274 e. The smallest absolute Gasteiger partial charge is 0.274 e. The molecule has 1 amide bonds. The maximum absolute atomic E-state index is 11.2. The lowest BCUT2D eigenvalue weighted by atomic mass is 10.3. The van der Waals surface area contributed by atoms with Gasteiger partial charge in [0.2, 0.25) is 0 Å². The Morgan fingerprint density at radius 3 is 3.18 bits per heavy atom. The van der Waals surface area contributed by atoms with Gasteiger partial charge in [-0.05, 0) is 0 Å². The molecule has 0 saturated heterocycles. The van der Waals surface area contributed by atoms with Crippen LogP contribution in [0.5, 0.6) is 0 Å². The van der Waals surface area contributed by atoms with Gasteiger partial charge in [-0.15, -0.1) is 0 Å². The van der Waals surface area contributed by atoms with Gasteiger partial charge >= 0.3 is 0 Å². The Balaban J connectivity index is 2.43. The van der Waals surface area contributed by atoms with Gasteiger partial charge in [-0.25, -0.2) is 5.43 Å². The number of hydrazine groups is 1. The fraction of sp³-hybridized carbons (Fsp3) is 0.167. The third kappa shape index (κ3) is 0.965. The van der Waals surface area contributed by atoms with E-state index in [0.29, 0.717) is 12.2 Å². The molecule has 0 radical (unpaired) electrons. The van der Waals surface area contributed by atoms with Crippen LogP contribution < -0.4 is 10.7 Å². The first-order chi connectivity index (χ1) is 5.29. The molecule has 0 bridgehead atoms. The van der Waals surface area contributed by atoms with Crippen molar-refractivity contribution in [3.05, 3.63) is 22.6 Å². The number of carbonyl (C=O) groups is 1. The van der Waals surface area contributed by atoms with Crippen LogP contribution in [0.25, 0.3) is 0 Å². The second kappa shape index (κ2) is 2.35. The average molecular weight is 216 g/mol. The molecule has 2 heterocycles. The monoisotopic (exact) mass is 215 g/mol. The third-order valence-electron chi connectivity index (χ3n) is 1.56. The number of hydrogen-bond donors (Lipinski definition) is 2. The lowest BCUT2D eigenvalue weighted by molar-refractivity contribution is -0.118. The SMILES string of the molecule is O=C1NC=CN2NCC(Br)=C12. The van der Waals surface area contributed by atoms with E-state index in [1.807, 2.05) is 0 Å². The molecule has 11 heavy (non-hydrogen) atoms. The summed E-state index contributed by atoms with van der Waals surface area (Å²) in [7, 11) is 0. The maximum atomic E-state index is 11.2. The molecule has 0 aromatic heterocycles. The van der Waals surface area contributed by atoms with Crippen molar-refractivity contribution in [1.82, 2.24) is 15.8 Å². The van der Waals surface area contributed by atoms with Crippen LogP contribution in [0.3, 0.4) is 0 Å². The molecule has 58 valence electrons. The number of nitrogens with one attached hydrogen (secondary N) is 2. The Labute approximate surface area is 72.0 Å². The average Bonchev–Trinajstić information content (AvgIpc) is 2.34. The van der Waals surface area contributed by atoms with E-state index in [1.165, 1.54) is 0 Å². The Morgan fingerprint density at radius 2 is 2.45 bits per heavy atom. The zero-order chi connectivity index (χ0) is 7.84. The van der Waals surface area contributed by atoms with E-state index < -0.39 is 0 Å². The molecule has 2 aliphatic rings. The predicted octanol–water partition coefficient (Wildman–Crippen LogP) is 0.0141. The van der Waals surface area contributed by atoms with Gasteiger partial charge in [0.15, 0.2) is 0 Å². The number of carbonyl (C=O) groups excluding carboxylic acids is 1. The van der Waals surface area contributed by atoms with Crippen molar-refractivity contribution in [3.63, 3.8) is 0 Å². The van der Waals surface area contributed by atoms with Crippen LogP contribution in [0, 0.1) is 0 Å². The number of amides is 1. The molecule has 5 heteroatoms. The summed E-state index contributed by atoms with van der Waals surface area (Å²) < 4.78 is 0.888. The molecule has 0 aliphatic carbocycles. The topological polar surface area (TPSA) is 44.4 Å². The standard InChI is InChI=1S/C6H6BrN3O/c7-4-3-9-10-2-1-8-6(11)5(4)10/h1-2,9H,3H2,(H,8,11). The highest BCUT2D eigenvalue weighted by atomic mass is 79.9. The van der Waals surface area contributed by atoms with Crippen LogP contribution in [0.4, 0.5) is 0 Å². The van der Waals surface area contributed by atoms with Gasteiger partial charge in [-0.2, -0.15) is 0 Å². The van der Waals surface area contributed by atoms with Gasteiger partial charge in [0, 0.05) is 23.4 Å². The summed E-state index contributed by atoms with van der Waals surface area (Å²) in [5.74, 6) is -0.0793. The molecule has 0 aromatic carbocycles. The van der Waals surface area contributed by atoms with Crippen molar-refractivity contribution in [2.24, 2.45) is 0 Å². The van der Waals surface area contributed by atoms with Crippen molar-refractivity contribution < 1.29 is 4.79 Å². The Bertz CT molecular complexity index is 271. The minimum Gasteiger partial charge on any atom is -0.326 e. The molecule has 0 saturated carbocycles. The van der Waals surface area contributed by atoms with E-state index in [4.69, 9.17) is 0 Å². The summed E-state index contributed by atoms with van der Waals surface area (Å²) in [5.41, 5.74) is 3.65. The van der Waals surface area contributed by atoms with E-state index in [9.17, 15) is 4.79 Å². The van der Waals surface area contributed by atoms with Gasteiger partial charge in [0.05, 0.1) is 0 Å². The summed E-state index contributed by atoms with van der Waals surface area (Å²) in [4.78, 5) is 11.2. The van der Waals surface area contributed by atoms with Gasteiger partial charge in [0.1, 0.15) is 5.70 Å². The highest BCUT2D eigenvalue weighted by Crippen LogP contribution is 2.22. The van der Waals surface area contributed by atoms with Gasteiger partial charge in [0.25, 0.3) is 5.91 Å². The fourth-order valence-corrected chi connectivity index (χ4v) is 1.56. The highest BCUT2D eigenvalue weighted by Gasteiger charge is 2.26. The number of fused-ring (bicyclic) bond motifs is 1. The van der Waals surface area contributed by atoms with Crippen LogP contribution in [0.1, 0.15) is 0 Å². The zero-order valence-corrected chi connectivity index (χ0v) is 7.18. The zero-order valence-electron chi connectivity index (χ0n) is 5.60. The van der Waals surface area contributed by atoms with Gasteiger partial charge in [-0.3, -0.25) is 9.80 Å².